The SMILES string of the molecule is O=C(O)CCP(=O)(O)C1CCCCC1. The van der Waals surface area contributed by atoms with E-state index in [1.54, 1.807) is 0 Å². The maximum atomic E-state index is 11.8. The Morgan fingerprint density at radius 2 is 1.86 bits per heavy atom. The minimum absolute atomic E-state index is 0.0625. The molecule has 5 heteroatoms. The molecule has 0 aliphatic heterocycles. The third-order valence-electron chi connectivity index (χ3n) is 2.79. The summed E-state index contributed by atoms with van der Waals surface area (Å²) in [5, 5.41) is 8.44. The number of rotatable bonds is 4. The maximum absolute atomic E-state index is 11.8. The van der Waals surface area contributed by atoms with Crippen LogP contribution >= 0.6 is 7.37 Å². The van der Waals surface area contributed by atoms with Crippen LogP contribution in [0.25, 0.3) is 0 Å². The first-order valence-corrected chi connectivity index (χ1v) is 6.97. The maximum Gasteiger partial charge on any atom is 0.303 e. The summed E-state index contributed by atoms with van der Waals surface area (Å²) in [6.45, 7) is 0. The zero-order valence-corrected chi connectivity index (χ0v) is 9.08. The van der Waals surface area contributed by atoms with Gasteiger partial charge < -0.3 is 10.00 Å². The Labute approximate surface area is 83.8 Å². The van der Waals surface area contributed by atoms with Crippen molar-refractivity contribution in [1.82, 2.24) is 0 Å². The van der Waals surface area contributed by atoms with Crippen molar-refractivity contribution in [2.24, 2.45) is 0 Å². The predicted molar refractivity (Wildman–Crippen MR) is 53.8 cm³/mol. The van der Waals surface area contributed by atoms with Crippen LogP contribution in [0.3, 0.4) is 0 Å². The Bertz CT molecular complexity index is 245. The highest BCUT2D eigenvalue weighted by Crippen LogP contribution is 2.52. The molecule has 1 fully saturated rings. The third kappa shape index (κ3) is 3.43. The van der Waals surface area contributed by atoms with Crippen LogP contribution in [-0.4, -0.2) is 27.8 Å². The molecule has 1 rings (SSSR count). The molecule has 0 radical (unpaired) electrons. The van der Waals surface area contributed by atoms with Crippen LogP contribution in [0.15, 0.2) is 0 Å². The molecule has 0 saturated heterocycles. The van der Waals surface area contributed by atoms with Crippen LogP contribution in [0.5, 0.6) is 0 Å². The van der Waals surface area contributed by atoms with E-state index in [1.165, 1.54) is 0 Å². The van der Waals surface area contributed by atoms with E-state index in [0.29, 0.717) is 0 Å². The number of carbonyl (C=O) groups is 1. The van der Waals surface area contributed by atoms with Crippen molar-refractivity contribution in [3.63, 3.8) is 0 Å². The van der Waals surface area contributed by atoms with Crippen molar-refractivity contribution in [3.8, 4) is 0 Å². The standard InChI is InChI=1S/C9H17O4P/c10-9(11)6-7-14(12,13)8-4-2-1-3-5-8/h8H,1-7H2,(H,10,11)(H,12,13). The highest BCUT2D eigenvalue weighted by Gasteiger charge is 2.31. The van der Waals surface area contributed by atoms with E-state index in [4.69, 9.17) is 5.11 Å². The van der Waals surface area contributed by atoms with E-state index in [0.717, 1.165) is 32.1 Å². The number of hydrogen-bond donors (Lipinski definition) is 2. The van der Waals surface area contributed by atoms with Crippen molar-refractivity contribution >= 4 is 13.3 Å². The zero-order chi connectivity index (χ0) is 10.6. The molecule has 1 unspecified atom stereocenters. The Balaban J connectivity index is 2.45. The van der Waals surface area contributed by atoms with E-state index in [-0.39, 0.29) is 18.2 Å². The molecule has 0 aromatic rings. The molecule has 1 aliphatic carbocycles. The van der Waals surface area contributed by atoms with E-state index in [9.17, 15) is 14.3 Å². The van der Waals surface area contributed by atoms with Crippen molar-refractivity contribution in [2.45, 2.75) is 44.2 Å². The highest BCUT2D eigenvalue weighted by atomic mass is 31.2. The smallest absolute Gasteiger partial charge is 0.303 e. The van der Waals surface area contributed by atoms with Gasteiger partial charge in [0.1, 0.15) is 0 Å². The monoisotopic (exact) mass is 220 g/mol. The first-order chi connectivity index (χ1) is 6.52. The number of carboxylic acid groups (broad SMARTS) is 1. The molecule has 0 spiro atoms. The van der Waals surface area contributed by atoms with Gasteiger partial charge in [-0.3, -0.25) is 9.36 Å². The number of aliphatic carboxylic acids is 1. The fraction of sp³-hybridized carbons (Fsp3) is 0.889. The van der Waals surface area contributed by atoms with Gasteiger partial charge in [-0.05, 0) is 12.8 Å². The molecule has 1 atom stereocenters. The topological polar surface area (TPSA) is 74.6 Å². The van der Waals surface area contributed by atoms with Gasteiger partial charge >= 0.3 is 5.97 Å². The molecule has 82 valence electrons. The highest BCUT2D eigenvalue weighted by molar-refractivity contribution is 7.58. The normalized spacial score (nSPS) is 22.9. The predicted octanol–water partition coefficient (Wildman–Crippen LogP) is 2.06. The Kier molecular flexibility index (Phi) is 4.14. The van der Waals surface area contributed by atoms with E-state index in [2.05, 4.69) is 0 Å². The fourth-order valence-electron chi connectivity index (χ4n) is 1.92. The minimum Gasteiger partial charge on any atom is -0.481 e. The van der Waals surface area contributed by atoms with Crippen LogP contribution in [-0.2, 0) is 9.36 Å². The van der Waals surface area contributed by atoms with Crippen LogP contribution in [0.2, 0.25) is 0 Å². The Hall–Kier alpha value is -0.340. The van der Waals surface area contributed by atoms with E-state index in [1.807, 2.05) is 0 Å². The second kappa shape index (κ2) is 4.94. The average Bonchev–Trinajstić information content (AvgIpc) is 2.16. The van der Waals surface area contributed by atoms with Crippen LogP contribution < -0.4 is 0 Å². The lowest BCUT2D eigenvalue weighted by molar-refractivity contribution is -0.136. The first-order valence-electron chi connectivity index (χ1n) is 5.05. The van der Waals surface area contributed by atoms with Gasteiger partial charge in [0.15, 0.2) is 0 Å². The van der Waals surface area contributed by atoms with Crippen LogP contribution in [0.1, 0.15) is 38.5 Å². The van der Waals surface area contributed by atoms with Gasteiger partial charge in [0.2, 0.25) is 7.37 Å². The number of hydrogen-bond acceptors (Lipinski definition) is 2. The lowest BCUT2D eigenvalue weighted by Gasteiger charge is -2.26. The summed E-state index contributed by atoms with van der Waals surface area (Å²) >= 11 is 0. The van der Waals surface area contributed by atoms with Gasteiger partial charge in [0.05, 0.1) is 6.42 Å². The second-order valence-corrected chi connectivity index (χ2v) is 6.60. The second-order valence-electron chi connectivity index (χ2n) is 3.91. The minimum atomic E-state index is -3.20. The molecule has 4 nitrogen and oxygen atoms in total. The average molecular weight is 220 g/mol. The quantitative estimate of drug-likeness (QED) is 0.711. The molecule has 0 amide bonds. The van der Waals surface area contributed by atoms with Crippen molar-refractivity contribution < 1.29 is 19.4 Å². The Morgan fingerprint density at radius 3 is 2.36 bits per heavy atom. The number of carboxylic acids is 1. The Morgan fingerprint density at radius 1 is 1.29 bits per heavy atom. The van der Waals surface area contributed by atoms with Gasteiger partial charge in [-0.15, -0.1) is 0 Å². The molecule has 0 aromatic carbocycles. The van der Waals surface area contributed by atoms with Crippen molar-refractivity contribution in [2.75, 3.05) is 6.16 Å². The lowest BCUT2D eigenvalue weighted by atomic mass is 10.0. The molecule has 2 N–H and O–H groups in total. The van der Waals surface area contributed by atoms with Gasteiger partial charge in [0, 0.05) is 11.8 Å². The summed E-state index contributed by atoms with van der Waals surface area (Å²) in [5.74, 6) is -0.991. The third-order valence-corrected chi connectivity index (χ3v) is 5.31. The summed E-state index contributed by atoms with van der Waals surface area (Å²) < 4.78 is 11.8. The summed E-state index contributed by atoms with van der Waals surface area (Å²) in [4.78, 5) is 20.0. The van der Waals surface area contributed by atoms with Gasteiger partial charge in [-0.2, -0.15) is 0 Å². The largest absolute Gasteiger partial charge is 0.481 e. The van der Waals surface area contributed by atoms with Gasteiger partial charge in [0.25, 0.3) is 0 Å². The molecular weight excluding hydrogens is 203 g/mol. The molecule has 1 aliphatic rings. The fourth-order valence-corrected chi connectivity index (χ4v) is 3.97. The van der Waals surface area contributed by atoms with Gasteiger partial charge in [-0.1, -0.05) is 19.3 Å². The summed E-state index contributed by atoms with van der Waals surface area (Å²) in [6.07, 6.45) is 4.46. The molecular formula is C9H17O4P. The van der Waals surface area contributed by atoms with E-state index >= 15 is 0 Å². The first kappa shape index (κ1) is 11.7. The molecule has 0 aromatic heterocycles. The zero-order valence-electron chi connectivity index (χ0n) is 8.19. The van der Waals surface area contributed by atoms with E-state index < -0.39 is 13.3 Å². The van der Waals surface area contributed by atoms with Crippen molar-refractivity contribution in [3.05, 3.63) is 0 Å². The summed E-state index contributed by atoms with van der Waals surface area (Å²) in [6, 6.07) is 0. The van der Waals surface area contributed by atoms with Crippen molar-refractivity contribution in [1.29, 1.82) is 0 Å². The van der Waals surface area contributed by atoms with Crippen LogP contribution in [0, 0.1) is 0 Å². The van der Waals surface area contributed by atoms with Gasteiger partial charge in [-0.25, -0.2) is 0 Å². The van der Waals surface area contributed by atoms with Crippen LogP contribution in [0.4, 0.5) is 0 Å². The molecule has 14 heavy (non-hydrogen) atoms. The lowest BCUT2D eigenvalue weighted by Crippen LogP contribution is -2.15. The molecule has 0 heterocycles. The molecule has 1 saturated carbocycles. The summed E-state index contributed by atoms with van der Waals surface area (Å²) in [7, 11) is -3.20. The summed E-state index contributed by atoms with van der Waals surface area (Å²) in [5.41, 5.74) is -0.143. The molecule has 0 bridgehead atoms.